The van der Waals surface area contributed by atoms with Gasteiger partial charge in [0.2, 0.25) is 0 Å². The molecular formula is C12H14N2OS. The summed E-state index contributed by atoms with van der Waals surface area (Å²) in [5.74, 6) is 0.188. The summed E-state index contributed by atoms with van der Waals surface area (Å²) in [5, 5.41) is 3.13. The molecule has 0 aromatic carbocycles. The van der Waals surface area contributed by atoms with E-state index in [0.717, 1.165) is 22.8 Å². The average molecular weight is 234 g/mol. The van der Waals surface area contributed by atoms with Crippen LogP contribution in [0, 0.1) is 6.92 Å². The number of ketones is 1. The summed E-state index contributed by atoms with van der Waals surface area (Å²) in [6, 6.07) is 1.87. The van der Waals surface area contributed by atoms with Gasteiger partial charge in [-0.2, -0.15) is 0 Å². The molecule has 0 spiro atoms. The van der Waals surface area contributed by atoms with Gasteiger partial charge in [-0.25, -0.2) is 4.98 Å². The molecule has 2 aromatic heterocycles. The predicted molar refractivity (Wildman–Crippen MR) is 65.0 cm³/mol. The lowest BCUT2D eigenvalue weighted by molar-refractivity contribution is 0.0988. The van der Waals surface area contributed by atoms with Gasteiger partial charge >= 0.3 is 0 Å². The number of carbonyl (C=O) groups excluding carboxylic acids is 1. The van der Waals surface area contributed by atoms with E-state index in [9.17, 15) is 4.79 Å². The minimum atomic E-state index is 0.188. The van der Waals surface area contributed by atoms with Crippen LogP contribution in [0.25, 0.3) is 0 Å². The lowest BCUT2D eigenvalue weighted by Gasteiger charge is -1.98. The lowest BCUT2D eigenvalue weighted by Crippen LogP contribution is -1.98. The maximum absolute atomic E-state index is 11.5. The fourth-order valence-corrected chi connectivity index (χ4v) is 2.18. The highest BCUT2D eigenvalue weighted by Gasteiger charge is 2.05. The minimum Gasteiger partial charge on any atom is -0.348 e. The summed E-state index contributed by atoms with van der Waals surface area (Å²) in [6.45, 7) is 4.61. The van der Waals surface area contributed by atoms with Crippen LogP contribution in [-0.4, -0.2) is 15.3 Å². The van der Waals surface area contributed by atoms with Gasteiger partial charge in [-0.05, 0) is 13.0 Å². The molecule has 0 amide bonds. The van der Waals surface area contributed by atoms with Crippen LogP contribution in [0.3, 0.4) is 0 Å². The van der Waals surface area contributed by atoms with Crippen LogP contribution >= 0.6 is 11.3 Å². The predicted octanol–water partition coefficient (Wildman–Crippen LogP) is 2.89. The molecule has 2 rings (SSSR count). The topological polar surface area (TPSA) is 34.9 Å². The Labute approximate surface area is 98.8 Å². The van der Waals surface area contributed by atoms with Crippen molar-refractivity contribution in [2.45, 2.75) is 26.8 Å². The van der Waals surface area contributed by atoms with Crippen molar-refractivity contribution < 1.29 is 4.79 Å². The van der Waals surface area contributed by atoms with Crippen LogP contribution in [0.15, 0.2) is 23.8 Å². The number of rotatable bonds is 4. The second kappa shape index (κ2) is 4.61. The Balaban J connectivity index is 2.11. The standard InChI is InChI=1S/C12H14N2OS/c1-3-12(15)10-4-5-14(6-10)7-11-8-16-9(2)13-11/h4-6,8H,3,7H2,1-2H3. The quantitative estimate of drug-likeness (QED) is 0.762. The summed E-state index contributed by atoms with van der Waals surface area (Å²) < 4.78 is 2.00. The van der Waals surface area contributed by atoms with Gasteiger partial charge in [0.05, 0.1) is 17.2 Å². The van der Waals surface area contributed by atoms with Crippen LogP contribution in [-0.2, 0) is 6.54 Å². The minimum absolute atomic E-state index is 0.188. The van der Waals surface area contributed by atoms with E-state index in [4.69, 9.17) is 0 Å². The Morgan fingerprint density at radius 3 is 3.00 bits per heavy atom. The van der Waals surface area contributed by atoms with Gasteiger partial charge in [0.1, 0.15) is 0 Å². The normalized spacial score (nSPS) is 10.6. The van der Waals surface area contributed by atoms with Gasteiger partial charge in [-0.3, -0.25) is 4.79 Å². The highest BCUT2D eigenvalue weighted by Crippen LogP contribution is 2.11. The summed E-state index contributed by atoms with van der Waals surface area (Å²) in [6.07, 6.45) is 4.37. The summed E-state index contributed by atoms with van der Waals surface area (Å²) >= 11 is 1.65. The first-order valence-electron chi connectivity index (χ1n) is 5.29. The number of thiazole rings is 1. The maximum atomic E-state index is 11.5. The first-order valence-corrected chi connectivity index (χ1v) is 6.17. The molecule has 0 saturated heterocycles. The van der Waals surface area contributed by atoms with Crippen molar-refractivity contribution >= 4 is 17.1 Å². The van der Waals surface area contributed by atoms with Crippen LogP contribution in [0.2, 0.25) is 0 Å². The molecule has 2 heterocycles. The maximum Gasteiger partial charge on any atom is 0.164 e. The van der Waals surface area contributed by atoms with Crippen molar-refractivity contribution in [3.05, 3.63) is 40.1 Å². The average Bonchev–Trinajstić information content (AvgIpc) is 2.87. The molecule has 16 heavy (non-hydrogen) atoms. The largest absolute Gasteiger partial charge is 0.348 e. The van der Waals surface area contributed by atoms with E-state index in [1.165, 1.54) is 0 Å². The SMILES string of the molecule is CCC(=O)c1ccn(Cc2csc(C)n2)c1. The van der Waals surface area contributed by atoms with Crippen molar-refractivity contribution in [3.63, 3.8) is 0 Å². The number of aromatic nitrogens is 2. The van der Waals surface area contributed by atoms with Gasteiger partial charge in [-0.15, -0.1) is 11.3 Å². The molecule has 84 valence electrons. The highest BCUT2D eigenvalue weighted by molar-refractivity contribution is 7.09. The molecule has 4 heteroatoms. The number of Topliss-reactive ketones (excluding diaryl/α,β-unsaturated/α-hetero) is 1. The summed E-state index contributed by atoms with van der Waals surface area (Å²) in [5.41, 5.74) is 1.84. The fraction of sp³-hybridized carbons (Fsp3) is 0.333. The van der Waals surface area contributed by atoms with Crippen LogP contribution in [0.4, 0.5) is 0 Å². The van der Waals surface area contributed by atoms with Crippen LogP contribution in [0.1, 0.15) is 34.4 Å². The highest BCUT2D eigenvalue weighted by atomic mass is 32.1. The molecule has 3 nitrogen and oxygen atoms in total. The van der Waals surface area contributed by atoms with Gasteiger partial charge in [0.25, 0.3) is 0 Å². The summed E-state index contributed by atoms with van der Waals surface area (Å²) in [7, 11) is 0. The Kier molecular flexibility index (Phi) is 3.19. The number of carbonyl (C=O) groups is 1. The second-order valence-corrected chi connectivity index (χ2v) is 4.77. The molecule has 0 atom stereocenters. The van der Waals surface area contributed by atoms with E-state index >= 15 is 0 Å². The zero-order valence-corrected chi connectivity index (χ0v) is 10.3. The van der Waals surface area contributed by atoms with E-state index in [0.29, 0.717) is 6.42 Å². The number of hydrogen-bond acceptors (Lipinski definition) is 3. The Hall–Kier alpha value is -1.42. The van der Waals surface area contributed by atoms with Gasteiger partial charge in [0.15, 0.2) is 5.78 Å². The molecule has 0 bridgehead atoms. The molecule has 0 N–H and O–H groups in total. The molecule has 0 radical (unpaired) electrons. The number of nitrogens with zero attached hydrogens (tertiary/aromatic N) is 2. The third-order valence-electron chi connectivity index (χ3n) is 2.40. The molecule has 0 aliphatic rings. The first kappa shape index (κ1) is 11.1. The molecule has 0 saturated carbocycles. The second-order valence-electron chi connectivity index (χ2n) is 3.71. The monoisotopic (exact) mass is 234 g/mol. The first-order chi connectivity index (χ1) is 7.69. The Morgan fingerprint density at radius 2 is 2.38 bits per heavy atom. The van der Waals surface area contributed by atoms with E-state index in [2.05, 4.69) is 10.4 Å². The Bertz CT molecular complexity index is 499. The van der Waals surface area contributed by atoms with Crippen LogP contribution in [0.5, 0.6) is 0 Å². The molecule has 0 aliphatic heterocycles. The number of hydrogen-bond donors (Lipinski definition) is 0. The van der Waals surface area contributed by atoms with E-state index < -0.39 is 0 Å². The number of aryl methyl sites for hydroxylation is 1. The van der Waals surface area contributed by atoms with E-state index in [1.54, 1.807) is 11.3 Å². The molecule has 0 fully saturated rings. The summed E-state index contributed by atoms with van der Waals surface area (Å²) in [4.78, 5) is 15.8. The third kappa shape index (κ3) is 2.39. The zero-order valence-electron chi connectivity index (χ0n) is 9.43. The molecule has 0 unspecified atom stereocenters. The molecule has 2 aromatic rings. The third-order valence-corrected chi connectivity index (χ3v) is 3.23. The lowest BCUT2D eigenvalue weighted by atomic mass is 10.2. The zero-order chi connectivity index (χ0) is 11.5. The van der Waals surface area contributed by atoms with Crippen molar-refractivity contribution in [1.29, 1.82) is 0 Å². The smallest absolute Gasteiger partial charge is 0.164 e. The Morgan fingerprint density at radius 1 is 1.56 bits per heavy atom. The van der Waals surface area contributed by atoms with Gasteiger partial charge in [0, 0.05) is 29.8 Å². The fourth-order valence-electron chi connectivity index (χ4n) is 1.58. The van der Waals surface area contributed by atoms with Gasteiger partial charge in [-0.1, -0.05) is 6.92 Å². The van der Waals surface area contributed by atoms with Crippen molar-refractivity contribution in [3.8, 4) is 0 Å². The molecule has 0 aliphatic carbocycles. The molecular weight excluding hydrogens is 220 g/mol. The van der Waals surface area contributed by atoms with E-state index in [1.807, 2.05) is 36.9 Å². The van der Waals surface area contributed by atoms with Crippen LogP contribution < -0.4 is 0 Å². The van der Waals surface area contributed by atoms with Crippen molar-refractivity contribution in [2.24, 2.45) is 0 Å². The van der Waals surface area contributed by atoms with Gasteiger partial charge < -0.3 is 4.57 Å². The van der Waals surface area contributed by atoms with Crippen molar-refractivity contribution in [1.82, 2.24) is 9.55 Å². The van der Waals surface area contributed by atoms with Crippen molar-refractivity contribution in [2.75, 3.05) is 0 Å². The van der Waals surface area contributed by atoms with E-state index in [-0.39, 0.29) is 5.78 Å².